The average molecular weight is 525 g/mol. The lowest BCUT2D eigenvalue weighted by Gasteiger charge is -2.34. The van der Waals surface area contributed by atoms with Crippen LogP contribution in [0.4, 0.5) is 0 Å². The van der Waals surface area contributed by atoms with Crippen molar-refractivity contribution in [3.8, 4) is 0 Å². The molecule has 0 aliphatic heterocycles. The van der Waals surface area contributed by atoms with E-state index >= 15 is 0 Å². The Morgan fingerprint density at radius 1 is 0.500 bits per heavy atom. The first-order valence-electron chi connectivity index (χ1n) is 13.1. The van der Waals surface area contributed by atoms with Crippen molar-refractivity contribution in [2.45, 2.75) is 12.1 Å². The standard InChI is InChI=1S/C35H32OSi2/c1-3-25-37(29-17-9-5-10-18-29,30-19-11-6-12-20-30)33-27-34(36)35(28-33)38(26-4-2,31-21-13-7-14-22-31)32-23-15-8-16-24-32/h3-24,27-28H,1-2,25-26H2. The Hall–Kier alpha value is -4.06. The molecule has 0 saturated carbocycles. The highest BCUT2D eigenvalue weighted by molar-refractivity contribution is 7.12. The van der Waals surface area contributed by atoms with Crippen molar-refractivity contribution < 1.29 is 4.79 Å². The van der Waals surface area contributed by atoms with E-state index in [9.17, 15) is 4.79 Å². The molecule has 1 aliphatic rings. The minimum atomic E-state index is -2.69. The SMILES string of the molecule is C=CC[Si](C1=CC(=O)C([Si](CC=C)(c2ccccc2)c2ccccc2)=C1)(c1ccccc1)c1ccccc1. The number of carbonyl (C=O) groups is 1. The van der Waals surface area contributed by atoms with Crippen molar-refractivity contribution in [2.24, 2.45) is 0 Å². The molecule has 0 fully saturated rings. The fourth-order valence-corrected chi connectivity index (χ4v) is 15.1. The topological polar surface area (TPSA) is 17.1 Å². The van der Waals surface area contributed by atoms with Gasteiger partial charge in [0.05, 0.1) is 0 Å². The Labute approximate surface area is 228 Å². The number of hydrogen-bond donors (Lipinski definition) is 0. The molecule has 1 nitrogen and oxygen atoms in total. The van der Waals surface area contributed by atoms with Gasteiger partial charge in [-0.1, -0.05) is 140 Å². The highest BCUT2D eigenvalue weighted by atomic mass is 28.3. The quantitative estimate of drug-likeness (QED) is 0.201. The summed E-state index contributed by atoms with van der Waals surface area (Å²) in [7, 11) is -5.25. The maximum absolute atomic E-state index is 14.2. The minimum Gasteiger partial charge on any atom is -0.290 e. The lowest BCUT2D eigenvalue weighted by molar-refractivity contribution is -0.110. The summed E-state index contributed by atoms with van der Waals surface area (Å²) in [6, 6.07) is 44.2. The third kappa shape index (κ3) is 4.34. The van der Waals surface area contributed by atoms with Crippen LogP contribution in [0.15, 0.2) is 169 Å². The van der Waals surface area contributed by atoms with Crippen LogP contribution in [-0.2, 0) is 4.79 Å². The van der Waals surface area contributed by atoms with Crippen LogP contribution in [0, 0.1) is 0 Å². The van der Waals surface area contributed by atoms with Crippen molar-refractivity contribution in [2.75, 3.05) is 0 Å². The van der Waals surface area contributed by atoms with Gasteiger partial charge in [-0.05, 0) is 49.3 Å². The Morgan fingerprint density at radius 2 is 0.842 bits per heavy atom. The summed E-state index contributed by atoms with van der Waals surface area (Å²) in [6.45, 7) is 8.34. The number of hydrogen-bond acceptors (Lipinski definition) is 1. The average Bonchev–Trinajstić information content (AvgIpc) is 3.38. The van der Waals surface area contributed by atoms with Gasteiger partial charge >= 0.3 is 0 Å². The molecular weight excluding hydrogens is 493 g/mol. The van der Waals surface area contributed by atoms with Gasteiger partial charge in [0.15, 0.2) is 21.9 Å². The van der Waals surface area contributed by atoms with Gasteiger partial charge in [-0.15, -0.1) is 13.2 Å². The van der Waals surface area contributed by atoms with E-state index in [0.29, 0.717) is 0 Å². The van der Waals surface area contributed by atoms with Gasteiger partial charge in [-0.25, -0.2) is 0 Å². The monoisotopic (exact) mass is 524 g/mol. The van der Waals surface area contributed by atoms with Crippen molar-refractivity contribution in [1.29, 1.82) is 0 Å². The summed E-state index contributed by atoms with van der Waals surface area (Å²) < 4.78 is 0. The molecule has 0 spiro atoms. The fourth-order valence-electron chi connectivity index (χ4n) is 6.07. The van der Waals surface area contributed by atoms with Crippen molar-refractivity contribution in [3.05, 3.63) is 169 Å². The van der Waals surface area contributed by atoms with Crippen molar-refractivity contribution >= 4 is 42.7 Å². The molecule has 5 rings (SSSR count). The van der Waals surface area contributed by atoms with E-state index in [1.54, 1.807) is 0 Å². The molecule has 0 N–H and O–H groups in total. The number of carbonyl (C=O) groups excluding carboxylic acids is 1. The first kappa shape index (κ1) is 25.6. The van der Waals surface area contributed by atoms with Gasteiger partial charge in [0.25, 0.3) is 0 Å². The van der Waals surface area contributed by atoms with Gasteiger partial charge in [-0.3, -0.25) is 4.79 Å². The fraction of sp³-hybridized carbons (Fsp3) is 0.0571. The zero-order valence-electron chi connectivity index (χ0n) is 21.6. The molecule has 3 heteroatoms. The van der Waals surface area contributed by atoms with E-state index in [4.69, 9.17) is 0 Å². The van der Waals surface area contributed by atoms with E-state index in [0.717, 1.165) is 22.5 Å². The van der Waals surface area contributed by atoms with Gasteiger partial charge in [0.2, 0.25) is 0 Å². The molecule has 0 atom stereocenters. The Kier molecular flexibility index (Phi) is 7.50. The zero-order chi connectivity index (χ0) is 26.4. The highest BCUT2D eigenvalue weighted by Crippen LogP contribution is 2.33. The molecule has 0 heterocycles. The van der Waals surface area contributed by atoms with Crippen LogP contribution in [0.3, 0.4) is 0 Å². The Morgan fingerprint density at radius 3 is 1.21 bits per heavy atom. The van der Waals surface area contributed by atoms with Gasteiger partial charge in [0, 0.05) is 0 Å². The molecule has 0 saturated heterocycles. The molecule has 186 valence electrons. The summed E-state index contributed by atoms with van der Waals surface area (Å²) in [5.41, 5.74) is 0. The molecule has 4 aromatic rings. The van der Waals surface area contributed by atoms with Crippen LogP contribution in [0.25, 0.3) is 0 Å². The Bertz CT molecular complexity index is 1310. The van der Waals surface area contributed by atoms with E-state index in [1.165, 1.54) is 20.7 Å². The first-order valence-corrected chi connectivity index (χ1v) is 17.5. The summed E-state index contributed by atoms with van der Waals surface area (Å²) in [4.78, 5) is 14.2. The number of benzene rings is 4. The predicted octanol–water partition coefficient (Wildman–Crippen LogP) is 5.40. The molecule has 0 aromatic heterocycles. The highest BCUT2D eigenvalue weighted by Gasteiger charge is 2.48. The molecule has 0 unspecified atom stereocenters. The van der Waals surface area contributed by atoms with Crippen LogP contribution in [0.2, 0.25) is 12.1 Å². The first-order chi connectivity index (χ1) is 18.7. The molecule has 1 aliphatic carbocycles. The smallest absolute Gasteiger partial charge is 0.178 e. The van der Waals surface area contributed by atoms with Crippen LogP contribution < -0.4 is 20.7 Å². The number of ketones is 1. The third-order valence-electron chi connectivity index (χ3n) is 7.77. The maximum atomic E-state index is 14.2. The van der Waals surface area contributed by atoms with Gasteiger partial charge < -0.3 is 0 Å². The molecular formula is C35H32OSi2. The van der Waals surface area contributed by atoms with Crippen LogP contribution >= 0.6 is 0 Å². The van der Waals surface area contributed by atoms with Crippen LogP contribution in [-0.4, -0.2) is 21.9 Å². The largest absolute Gasteiger partial charge is 0.290 e. The zero-order valence-corrected chi connectivity index (χ0v) is 23.6. The number of rotatable bonds is 10. The van der Waals surface area contributed by atoms with Crippen LogP contribution in [0.1, 0.15) is 0 Å². The summed E-state index contributed by atoms with van der Waals surface area (Å²) in [5, 5.41) is 7.14. The van der Waals surface area contributed by atoms with E-state index < -0.39 is 16.1 Å². The maximum Gasteiger partial charge on any atom is 0.178 e. The molecule has 4 aromatic carbocycles. The van der Waals surface area contributed by atoms with E-state index in [2.05, 4.69) is 128 Å². The van der Waals surface area contributed by atoms with Crippen molar-refractivity contribution in [1.82, 2.24) is 0 Å². The summed E-state index contributed by atoms with van der Waals surface area (Å²) in [6.07, 6.45) is 8.25. The second kappa shape index (κ2) is 11.1. The minimum absolute atomic E-state index is 0.133. The lowest BCUT2D eigenvalue weighted by Crippen LogP contribution is -2.61. The van der Waals surface area contributed by atoms with Gasteiger partial charge in [-0.2, -0.15) is 0 Å². The molecule has 0 amide bonds. The molecule has 0 bridgehead atoms. The summed E-state index contributed by atoms with van der Waals surface area (Å²) >= 11 is 0. The van der Waals surface area contributed by atoms with E-state index in [-0.39, 0.29) is 5.78 Å². The van der Waals surface area contributed by atoms with Crippen molar-refractivity contribution in [3.63, 3.8) is 0 Å². The second-order valence-corrected chi connectivity index (χ2v) is 17.6. The molecule has 38 heavy (non-hydrogen) atoms. The Balaban J connectivity index is 1.80. The van der Waals surface area contributed by atoms with E-state index in [1.807, 2.05) is 30.4 Å². The normalized spacial score (nSPS) is 13.5. The lowest BCUT2D eigenvalue weighted by atomic mass is 10.4. The summed E-state index contributed by atoms with van der Waals surface area (Å²) in [5.74, 6) is 0.133. The van der Waals surface area contributed by atoms with Crippen LogP contribution in [0.5, 0.6) is 0 Å². The predicted molar refractivity (Wildman–Crippen MR) is 167 cm³/mol. The molecule has 0 radical (unpaired) electrons. The van der Waals surface area contributed by atoms with Gasteiger partial charge in [0.1, 0.15) is 0 Å². The number of allylic oxidation sites excluding steroid dienone is 6. The third-order valence-corrected chi connectivity index (χ3v) is 17.4. The second-order valence-electron chi connectivity index (χ2n) is 9.78.